The second kappa shape index (κ2) is 20.6. The third kappa shape index (κ3) is 18.3. The van der Waals surface area contributed by atoms with Crippen LogP contribution in [-0.2, 0) is 4.74 Å². The van der Waals surface area contributed by atoms with Gasteiger partial charge in [0.15, 0.2) is 0 Å². The van der Waals surface area contributed by atoms with E-state index in [-0.39, 0.29) is 0 Å². The van der Waals surface area contributed by atoms with Gasteiger partial charge < -0.3 is 9.64 Å². The van der Waals surface area contributed by atoms with Gasteiger partial charge in [0, 0.05) is 38.3 Å². The molecule has 1 aliphatic heterocycles. The first kappa shape index (κ1) is 21.6. The van der Waals surface area contributed by atoms with E-state index in [1.807, 2.05) is 20.8 Å². The summed E-state index contributed by atoms with van der Waals surface area (Å²) in [6, 6.07) is 0. The number of thioether (sulfide) groups is 1. The largest absolute Gasteiger partial charge is 0.385 e. The van der Waals surface area contributed by atoms with Crippen molar-refractivity contribution in [2.24, 2.45) is 0 Å². The van der Waals surface area contributed by atoms with Gasteiger partial charge >= 0.3 is 0 Å². The minimum atomic E-state index is 0.819. The van der Waals surface area contributed by atoms with Gasteiger partial charge in [-0.15, -0.1) is 0 Å². The zero-order chi connectivity index (χ0) is 14.8. The summed E-state index contributed by atoms with van der Waals surface area (Å²) in [6.07, 6.45) is 7.09. The fraction of sp³-hybridized carbons (Fsp3) is 1.00. The van der Waals surface area contributed by atoms with Crippen LogP contribution in [0, 0.1) is 0 Å². The number of unbranched alkanes of at least 4 members (excludes halogenated alkanes) is 4. The Labute approximate surface area is 126 Å². The first-order valence-electron chi connectivity index (χ1n) is 8.14. The molecule has 19 heavy (non-hydrogen) atoms. The summed E-state index contributed by atoms with van der Waals surface area (Å²) in [7, 11) is 1.68. The molecule has 0 atom stereocenters. The van der Waals surface area contributed by atoms with E-state index < -0.39 is 0 Å². The fourth-order valence-corrected chi connectivity index (χ4v) is 2.74. The van der Waals surface area contributed by atoms with Crippen molar-refractivity contribution in [3.8, 4) is 0 Å². The lowest BCUT2D eigenvalue weighted by Gasteiger charge is -2.25. The molecule has 118 valence electrons. The Kier molecular flexibility index (Phi) is 23.4. The molecule has 0 aromatic carbocycles. The van der Waals surface area contributed by atoms with Gasteiger partial charge in [-0.05, 0) is 19.9 Å². The first-order valence-corrected chi connectivity index (χ1v) is 9.29. The van der Waals surface area contributed by atoms with Gasteiger partial charge in [-0.25, -0.2) is 0 Å². The maximum absolute atomic E-state index is 4.54. The molecule has 0 aromatic heterocycles. The summed E-state index contributed by atoms with van der Waals surface area (Å²) in [6.45, 7) is 13.1. The lowest BCUT2D eigenvalue weighted by Crippen LogP contribution is -2.33. The van der Waals surface area contributed by atoms with Crippen LogP contribution in [0.2, 0.25) is 0 Å². The van der Waals surface area contributed by atoms with E-state index >= 15 is 0 Å². The van der Waals surface area contributed by atoms with Gasteiger partial charge in [0.05, 0.1) is 0 Å². The fourth-order valence-electron chi connectivity index (χ4n) is 1.76. The SMILES string of the molecule is CC.CCCCCCCN1CCSCC1.CCOC. The number of hydrogen-bond donors (Lipinski definition) is 0. The van der Waals surface area contributed by atoms with Crippen LogP contribution in [0.3, 0.4) is 0 Å². The zero-order valence-corrected chi connectivity index (χ0v) is 14.9. The van der Waals surface area contributed by atoms with Crippen molar-refractivity contribution in [2.45, 2.75) is 59.8 Å². The average molecular weight is 292 g/mol. The number of methoxy groups -OCH3 is 1. The monoisotopic (exact) mass is 291 g/mol. The van der Waals surface area contributed by atoms with E-state index in [1.54, 1.807) is 7.11 Å². The highest BCUT2D eigenvalue weighted by Gasteiger charge is 2.08. The third-order valence-corrected chi connectivity index (χ3v) is 3.91. The van der Waals surface area contributed by atoms with Crippen molar-refractivity contribution < 1.29 is 4.74 Å². The summed E-state index contributed by atoms with van der Waals surface area (Å²) >= 11 is 2.10. The van der Waals surface area contributed by atoms with Crippen LogP contribution < -0.4 is 0 Å². The number of nitrogens with zero attached hydrogens (tertiary/aromatic N) is 1. The van der Waals surface area contributed by atoms with Crippen molar-refractivity contribution in [3.63, 3.8) is 0 Å². The molecule has 0 saturated carbocycles. The molecule has 0 aromatic rings. The molecule has 3 heteroatoms. The summed E-state index contributed by atoms with van der Waals surface area (Å²) in [5.41, 5.74) is 0. The molecule has 2 nitrogen and oxygen atoms in total. The molecule has 0 unspecified atom stereocenters. The van der Waals surface area contributed by atoms with Gasteiger partial charge in [-0.3, -0.25) is 0 Å². The van der Waals surface area contributed by atoms with Gasteiger partial charge in [0.2, 0.25) is 0 Å². The lowest BCUT2D eigenvalue weighted by molar-refractivity contribution is 0.215. The molecule has 0 aliphatic carbocycles. The molecule has 1 fully saturated rings. The maximum atomic E-state index is 4.54. The Morgan fingerprint density at radius 1 is 0.947 bits per heavy atom. The van der Waals surface area contributed by atoms with E-state index in [9.17, 15) is 0 Å². The van der Waals surface area contributed by atoms with Gasteiger partial charge in [0.1, 0.15) is 0 Å². The van der Waals surface area contributed by atoms with E-state index in [4.69, 9.17) is 0 Å². The highest BCUT2D eigenvalue weighted by Crippen LogP contribution is 2.10. The van der Waals surface area contributed by atoms with Crippen LogP contribution in [0.1, 0.15) is 59.8 Å². The number of ether oxygens (including phenoxy) is 1. The molecule has 1 heterocycles. The van der Waals surface area contributed by atoms with Gasteiger partial charge in [-0.1, -0.05) is 46.5 Å². The smallest absolute Gasteiger partial charge is 0.0433 e. The Hall–Kier alpha value is 0.270. The molecular weight excluding hydrogens is 254 g/mol. The summed E-state index contributed by atoms with van der Waals surface area (Å²) in [4.78, 5) is 2.63. The van der Waals surface area contributed by atoms with Crippen LogP contribution >= 0.6 is 11.8 Å². The van der Waals surface area contributed by atoms with Gasteiger partial charge in [-0.2, -0.15) is 11.8 Å². The third-order valence-electron chi connectivity index (χ3n) is 2.97. The Bertz CT molecular complexity index is 137. The minimum Gasteiger partial charge on any atom is -0.385 e. The van der Waals surface area contributed by atoms with Crippen molar-refractivity contribution in [2.75, 3.05) is 44.9 Å². The first-order chi connectivity index (χ1) is 9.35. The van der Waals surface area contributed by atoms with Crippen molar-refractivity contribution >= 4 is 11.8 Å². The average Bonchev–Trinajstić information content (AvgIpc) is 2.50. The summed E-state index contributed by atoms with van der Waals surface area (Å²) in [5, 5.41) is 0. The van der Waals surface area contributed by atoms with E-state index in [2.05, 4.69) is 28.3 Å². The Morgan fingerprint density at radius 2 is 1.47 bits per heavy atom. The summed E-state index contributed by atoms with van der Waals surface area (Å²) in [5.74, 6) is 2.71. The maximum Gasteiger partial charge on any atom is 0.0433 e. The zero-order valence-electron chi connectivity index (χ0n) is 14.0. The second-order valence-corrected chi connectivity index (χ2v) is 5.67. The highest BCUT2D eigenvalue weighted by molar-refractivity contribution is 7.99. The number of rotatable bonds is 7. The minimum absolute atomic E-state index is 0.819. The molecular formula is C16H37NOS. The predicted octanol–water partition coefficient (Wildman–Crippen LogP) is 4.68. The van der Waals surface area contributed by atoms with Crippen molar-refractivity contribution in [1.29, 1.82) is 0 Å². The van der Waals surface area contributed by atoms with Crippen LogP contribution in [0.25, 0.3) is 0 Å². The summed E-state index contributed by atoms with van der Waals surface area (Å²) < 4.78 is 4.54. The predicted molar refractivity (Wildman–Crippen MR) is 91.4 cm³/mol. The quantitative estimate of drug-likeness (QED) is 0.632. The van der Waals surface area contributed by atoms with Crippen LogP contribution in [0.15, 0.2) is 0 Å². The molecule has 0 amide bonds. The molecule has 0 spiro atoms. The van der Waals surface area contributed by atoms with Crippen molar-refractivity contribution in [1.82, 2.24) is 4.90 Å². The van der Waals surface area contributed by atoms with E-state index in [0.717, 1.165) is 6.61 Å². The standard InChI is InChI=1S/C11H23NS.C3H8O.C2H6/c1-2-3-4-5-6-7-12-8-10-13-11-9-12;1-3-4-2;1-2/h2-11H2,1H3;3H2,1-2H3;1-2H3. The molecule has 1 saturated heterocycles. The Morgan fingerprint density at radius 3 is 1.95 bits per heavy atom. The Balaban J connectivity index is 0. The normalized spacial score (nSPS) is 15.0. The van der Waals surface area contributed by atoms with E-state index in [1.165, 1.54) is 63.2 Å². The van der Waals surface area contributed by atoms with Crippen LogP contribution in [0.4, 0.5) is 0 Å². The van der Waals surface area contributed by atoms with Crippen LogP contribution in [-0.4, -0.2) is 49.8 Å². The molecule has 0 N–H and O–H groups in total. The highest BCUT2D eigenvalue weighted by atomic mass is 32.2. The number of hydrogen-bond acceptors (Lipinski definition) is 3. The molecule has 1 rings (SSSR count). The lowest BCUT2D eigenvalue weighted by atomic mass is 10.1. The molecule has 0 radical (unpaired) electrons. The van der Waals surface area contributed by atoms with Crippen LogP contribution in [0.5, 0.6) is 0 Å². The topological polar surface area (TPSA) is 12.5 Å². The second-order valence-electron chi connectivity index (χ2n) is 4.45. The molecule has 1 aliphatic rings. The van der Waals surface area contributed by atoms with Gasteiger partial charge in [0.25, 0.3) is 0 Å². The van der Waals surface area contributed by atoms with E-state index in [0.29, 0.717) is 0 Å². The molecule has 0 bridgehead atoms. The van der Waals surface area contributed by atoms with Crippen molar-refractivity contribution in [3.05, 3.63) is 0 Å².